The molecule has 2 amide bonds. The van der Waals surface area contributed by atoms with Gasteiger partial charge in [-0.2, -0.15) is 13.2 Å². The van der Waals surface area contributed by atoms with Gasteiger partial charge in [0.2, 0.25) is 11.8 Å². The number of nitrogens with one attached hydrogen (secondary N) is 3. The van der Waals surface area contributed by atoms with Crippen molar-refractivity contribution in [2.45, 2.75) is 18.8 Å². The maximum Gasteiger partial charge on any atom is 0.416 e. The first-order valence-corrected chi connectivity index (χ1v) is 6.31. The van der Waals surface area contributed by atoms with Crippen molar-refractivity contribution < 1.29 is 22.8 Å². The van der Waals surface area contributed by atoms with E-state index in [0.29, 0.717) is 0 Å². The lowest BCUT2D eigenvalue weighted by atomic mass is 10.1. The lowest BCUT2D eigenvalue weighted by molar-refractivity contribution is -0.138. The molecule has 1 aromatic carbocycles. The number of hydrogen-bond acceptors (Lipinski definition) is 3. The van der Waals surface area contributed by atoms with Crippen LogP contribution in [-0.4, -0.2) is 30.9 Å². The van der Waals surface area contributed by atoms with E-state index in [1.807, 2.05) is 0 Å². The zero-order valence-corrected chi connectivity index (χ0v) is 11.0. The Balaban J connectivity index is 1.97. The molecule has 0 aromatic heterocycles. The smallest absolute Gasteiger partial charge is 0.353 e. The predicted molar refractivity (Wildman–Crippen MR) is 68.1 cm³/mol. The minimum Gasteiger partial charge on any atom is -0.353 e. The average molecular weight is 301 g/mol. The maximum atomic E-state index is 12.8. The summed E-state index contributed by atoms with van der Waals surface area (Å²) in [5.41, 5.74) is -0.770. The highest BCUT2D eigenvalue weighted by atomic mass is 19.4. The SMILES string of the molecule is O=C1CNC(C(=O)NCc2ccccc2C(F)(F)F)CN1. The van der Waals surface area contributed by atoms with E-state index < -0.39 is 23.7 Å². The van der Waals surface area contributed by atoms with Crippen LogP contribution in [0.2, 0.25) is 0 Å². The predicted octanol–water partition coefficient (Wildman–Crippen LogP) is 0.410. The summed E-state index contributed by atoms with van der Waals surface area (Å²) < 4.78 is 38.4. The van der Waals surface area contributed by atoms with E-state index in [2.05, 4.69) is 16.0 Å². The minimum absolute atomic E-state index is 0.00167. The van der Waals surface area contributed by atoms with E-state index in [1.165, 1.54) is 18.2 Å². The van der Waals surface area contributed by atoms with E-state index in [4.69, 9.17) is 0 Å². The Kier molecular flexibility index (Phi) is 4.46. The highest BCUT2D eigenvalue weighted by molar-refractivity contribution is 5.86. The molecule has 0 aliphatic carbocycles. The fourth-order valence-corrected chi connectivity index (χ4v) is 2.01. The van der Waals surface area contributed by atoms with Gasteiger partial charge in [-0.05, 0) is 11.6 Å². The second kappa shape index (κ2) is 6.13. The Morgan fingerprint density at radius 1 is 1.33 bits per heavy atom. The number of alkyl halides is 3. The van der Waals surface area contributed by atoms with Gasteiger partial charge in [0.15, 0.2) is 0 Å². The van der Waals surface area contributed by atoms with E-state index in [9.17, 15) is 22.8 Å². The maximum absolute atomic E-state index is 12.8. The van der Waals surface area contributed by atoms with E-state index in [-0.39, 0.29) is 31.1 Å². The molecule has 2 rings (SSSR count). The van der Waals surface area contributed by atoms with Gasteiger partial charge in [0.25, 0.3) is 0 Å². The first-order valence-electron chi connectivity index (χ1n) is 6.31. The fourth-order valence-electron chi connectivity index (χ4n) is 2.01. The van der Waals surface area contributed by atoms with Crippen molar-refractivity contribution in [3.63, 3.8) is 0 Å². The Labute approximate surface area is 118 Å². The second-order valence-corrected chi connectivity index (χ2v) is 4.61. The third-order valence-corrected chi connectivity index (χ3v) is 3.10. The molecule has 8 heteroatoms. The Morgan fingerprint density at radius 2 is 2.05 bits per heavy atom. The first-order chi connectivity index (χ1) is 9.88. The summed E-state index contributed by atoms with van der Waals surface area (Å²) in [5.74, 6) is -0.673. The molecule has 1 fully saturated rings. The molecule has 1 aliphatic heterocycles. The van der Waals surface area contributed by atoms with E-state index >= 15 is 0 Å². The minimum atomic E-state index is -4.46. The van der Waals surface area contributed by atoms with Crippen LogP contribution in [0.15, 0.2) is 24.3 Å². The van der Waals surface area contributed by atoms with Crippen molar-refractivity contribution in [1.29, 1.82) is 0 Å². The van der Waals surface area contributed by atoms with Crippen LogP contribution in [0.3, 0.4) is 0 Å². The topological polar surface area (TPSA) is 70.2 Å². The van der Waals surface area contributed by atoms with Crippen LogP contribution in [0.5, 0.6) is 0 Å². The quantitative estimate of drug-likeness (QED) is 0.757. The monoisotopic (exact) mass is 301 g/mol. The molecule has 21 heavy (non-hydrogen) atoms. The molecule has 0 saturated carbocycles. The Hall–Kier alpha value is -2.09. The van der Waals surface area contributed by atoms with Gasteiger partial charge in [-0.1, -0.05) is 18.2 Å². The van der Waals surface area contributed by atoms with Crippen LogP contribution in [0.4, 0.5) is 13.2 Å². The van der Waals surface area contributed by atoms with Gasteiger partial charge in [0.1, 0.15) is 6.04 Å². The Morgan fingerprint density at radius 3 is 2.67 bits per heavy atom. The van der Waals surface area contributed by atoms with Crippen LogP contribution < -0.4 is 16.0 Å². The number of halogens is 3. The summed E-state index contributed by atoms with van der Waals surface area (Å²) in [6.45, 7) is -0.0938. The largest absolute Gasteiger partial charge is 0.416 e. The molecule has 3 N–H and O–H groups in total. The number of amides is 2. The van der Waals surface area contributed by atoms with Crippen molar-refractivity contribution in [3.05, 3.63) is 35.4 Å². The second-order valence-electron chi connectivity index (χ2n) is 4.61. The van der Waals surface area contributed by atoms with Crippen LogP contribution in [-0.2, 0) is 22.3 Å². The third kappa shape index (κ3) is 3.94. The number of rotatable bonds is 3. The number of hydrogen-bond donors (Lipinski definition) is 3. The molecule has 0 bridgehead atoms. The van der Waals surface area contributed by atoms with Crippen molar-refractivity contribution >= 4 is 11.8 Å². The van der Waals surface area contributed by atoms with Crippen LogP contribution in [0.1, 0.15) is 11.1 Å². The highest BCUT2D eigenvalue weighted by Crippen LogP contribution is 2.31. The molecule has 1 unspecified atom stereocenters. The number of piperazine rings is 1. The number of carbonyl (C=O) groups excluding carboxylic acids is 2. The van der Waals surface area contributed by atoms with Crippen LogP contribution >= 0.6 is 0 Å². The molecule has 1 saturated heterocycles. The van der Waals surface area contributed by atoms with Crippen molar-refractivity contribution in [2.75, 3.05) is 13.1 Å². The van der Waals surface area contributed by atoms with Gasteiger partial charge in [-0.25, -0.2) is 0 Å². The van der Waals surface area contributed by atoms with Gasteiger partial charge in [-0.3, -0.25) is 14.9 Å². The van der Waals surface area contributed by atoms with Crippen molar-refractivity contribution in [2.24, 2.45) is 0 Å². The highest BCUT2D eigenvalue weighted by Gasteiger charge is 2.33. The third-order valence-electron chi connectivity index (χ3n) is 3.10. The number of benzene rings is 1. The normalized spacial score (nSPS) is 19.0. The number of carbonyl (C=O) groups is 2. The molecular weight excluding hydrogens is 287 g/mol. The summed E-state index contributed by atoms with van der Waals surface area (Å²) in [6, 6.07) is 4.43. The summed E-state index contributed by atoms with van der Waals surface area (Å²) in [7, 11) is 0. The lowest BCUT2D eigenvalue weighted by Gasteiger charge is -2.23. The molecule has 0 radical (unpaired) electrons. The lowest BCUT2D eigenvalue weighted by Crippen LogP contribution is -2.57. The zero-order chi connectivity index (χ0) is 15.5. The summed E-state index contributed by atoms with van der Waals surface area (Å²) >= 11 is 0. The van der Waals surface area contributed by atoms with Gasteiger partial charge in [-0.15, -0.1) is 0 Å². The summed E-state index contributed by atoms with van der Waals surface area (Å²) in [6.07, 6.45) is -4.46. The zero-order valence-electron chi connectivity index (χ0n) is 11.0. The molecule has 0 spiro atoms. The molecule has 1 atom stereocenters. The molecule has 1 heterocycles. The molecule has 1 aromatic rings. The average Bonchev–Trinajstić information content (AvgIpc) is 2.45. The van der Waals surface area contributed by atoms with Crippen molar-refractivity contribution in [1.82, 2.24) is 16.0 Å². The van der Waals surface area contributed by atoms with Crippen LogP contribution in [0, 0.1) is 0 Å². The van der Waals surface area contributed by atoms with Gasteiger partial charge < -0.3 is 10.6 Å². The van der Waals surface area contributed by atoms with E-state index in [0.717, 1.165) is 6.07 Å². The fraction of sp³-hybridized carbons (Fsp3) is 0.385. The molecule has 1 aliphatic rings. The molecular formula is C13H14F3N3O2. The van der Waals surface area contributed by atoms with Crippen LogP contribution in [0.25, 0.3) is 0 Å². The summed E-state index contributed by atoms with van der Waals surface area (Å²) in [4.78, 5) is 22.8. The summed E-state index contributed by atoms with van der Waals surface area (Å²) in [5, 5.41) is 7.65. The van der Waals surface area contributed by atoms with Crippen molar-refractivity contribution in [3.8, 4) is 0 Å². The Bertz CT molecular complexity index is 536. The van der Waals surface area contributed by atoms with Gasteiger partial charge in [0.05, 0.1) is 12.1 Å². The first kappa shape index (κ1) is 15.3. The molecule has 114 valence electrons. The van der Waals surface area contributed by atoms with E-state index in [1.54, 1.807) is 0 Å². The standard InChI is InChI=1S/C13H14F3N3O2/c14-13(15,16)9-4-2-1-3-8(9)5-19-12(21)10-6-18-11(20)7-17-10/h1-4,10,17H,5-7H2,(H,18,20)(H,19,21). The van der Waals surface area contributed by atoms with Gasteiger partial charge >= 0.3 is 6.18 Å². The van der Waals surface area contributed by atoms with Gasteiger partial charge in [0, 0.05) is 13.1 Å². The molecule has 5 nitrogen and oxygen atoms in total.